The maximum Gasteiger partial charge on any atom is 0.417 e. The number of cyclic esters (lactones) is 1. The van der Waals surface area contributed by atoms with Crippen LogP contribution in [0.1, 0.15) is 38.2 Å². The summed E-state index contributed by atoms with van der Waals surface area (Å²) >= 11 is 12.1. The molecule has 144 valence electrons. The highest BCUT2D eigenvalue weighted by atomic mass is 35.5. The summed E-state index contributed by atoms with van der Waals surface area (Å²) < 4.78 is 5.19. The van der Waals surface area contributed by atoms with Crippen LogP contribution in [0.2, 0.25) is 10.0 Å². The third-order valence-electron chi connectivity index (χ3n) is 4.42. The first-order valence-corrected chi connectivity index (χ1v) is 9.42. The average Bonchev–Trinajstić information content (AvgIpc) is 2.98. The Bertz CT molecular complexity index is 862. The number of anilines is 2. The molecular weight excluding hydrogens is 389 g/mol. The van der Waals surface area contributed by atoms with Gasteiger partial charge in [-0.1, -0.05) is 43.1 Å². The molecule has 2 aromatic rings. The number of halogens is 2. The average molecular weight is 410 g/mol. The number of rotatable bonds is 5. The van der Waals surface area contributed by atoms with Crippen molar-refractivity contribution < 1.29 is 9.53 Å². The molecule has 1 fully saturated rings. The van der Waals surface area contributed by atoms with E-state index < -0.39 is 6.09 Å². The predicted octanol–water partition coefficient (Wildman–Crippen LogP) is 4.64. The fourth-order valence-corrected chi connectivity index (χ4v) is 3.16. The maximum absolute atomic E-state index is 12.2. The molecule has 9 heteroatoms. The van der Waals surface area contributed by atoms with Crippen molar-refractivity contribution in [1.82, 2.24) is 15.0 Å². The second-order valence-corrected chi connectivity index (χ2v) is 7.62. The lowest BCUT2D eigenvalue weighted by molar-refractivity contribution is 0.177. The minimum absolute atomic E-state index is 0.111. The van der Waals surface area contributed by atoms with Gasteiger partial charge in [-0.3, -0.25) is 0 Å². The number of ether oxygens (including phenoxy) is 1. The van der Waals surface area contributed by atoms with Crippen molar-refractivity contribution in [3.05, 3.63) is 39.6 Å². The zero-order chi connectivity index (χ0) is 19.7. The van der Waals surface area contributed by atoms with Crippen LogP contribution >= 0.6 is 23.2 Å². The molecule has 1 aromatic carbocycles. The first kappa shape index (κ1) is 19.6. The number of benzene rings is 1. The molecule has 0 saturated carbocycles. The first-order chi connectivity index (χ1) is 12.8. The minimum atomic E-state index is -0.442. The summed E-state index contributed by atoms with van der Waals surface area (Å²) in [5.41, 5.74) is 0.935. The lowest BCUT2D eigenvalue weighted by Crippen LogP contribution is -2.38. The third-order valence-corrected chi connectivity index (χ3v) is 5.15. The molecule has 27 heavy (non-hydrogen) atoms. The summed E-state index contributed by atoms with van der Waals surface area (Å²) in [4.78, 5) is 26.8. The van der Waals surface area contributed by atoms with E-state index in [1.54, 1.807) is 19.1 Å². The molecule has 1 amide bonds. The maximum atomic E-state index is 12.2. The molecule has 1 saturated heterocycles. The predicted molar refractivity (Wildman–Crippen MR) is 106 cm³/mol. The molecular formula is C18H21Cl2N5O2. The van der Waals surface area contributed by atoms with Crippen LogP contribution in [0.5, 0.6) is 0 Å². The summed E-state index contributed by atoms with van der Waals surface area (Å²) in [6.07, 6.45) is -0.442. The molecule has 0 aliphatic carbocycles. The number of aryl methyl sites for hydroxylation is 1. The van der Waals surface area contributed by atoms with Crippen LogP contribution in [-0.4, -0.2) is 33.7 Å². The van der Waals surface area contributed by atoms with Crippen LogP contribution in [0, 0.1) is 12.8 Å². The highest BCUT2D eigenvalue weighted by Gasteiger charge is 2.38. The van der Waals surface area contributed by atoms with Gasteiger partial charge in [0.15, 0.2) is 0 Å². The Hall–Kier alpha value is -2.12. The van der Waals surface area contributed by atoms with Crippen molar-refractivity contribution in [3.63, 3.8) is 0 Å². The van der Waals surface area contributed by atoms with Gasteiger partial charge in [-0.05, 0) is 37.5 Å². The first-order valence-electron chi connectivity index (χ1n) is 8.66. The van der Waals surface area contributed by atoms with Crippen molar-refractivity contribution in [2.45, 2.75) is 39.8 Å². The summed E-state index contributed by atoms with van der Waals surface area (Å²) in [7, 11) is 0. The van der Waals surface area contributed by atoms with Gasteiger partial charge in [0.05, 0.1) is 22.1 Å². The van der Waals surface area contributed by atoms with Gasteiger partial charge in [0, 0.05) is 0 Å². The normalized spacial score (nSPS) is 18.0. The molecule has 3 rings (SSSR count). The molecule has 1 aliphatic rings. The summed E-state index contributed by atoms with van der Waals surface area (Å²) in [6, 6.07) is 5.19. The minimum Gasteiger partial charge on any atom is -0.447 e. The number of carbonyl (C=O) groups excluding carboxylic acids is 1. The number of amides is 1. The van der Waals surface area contributed by atoms with Crippen molar-refractivity contribution in [3.8, 4) is 0 Å². The van der Waals surface area contributed by atoms with E-state index in [0.29, 0.717) is 28.4 Å². The molecule has 0 unspecified atom stereocenters. The number of carbonyl (C=O) groups is 1. The number of nitrogens with one attached hydrogen (secondary N) is 1. The summed E-state index contributed by atoms with van der Waals surface area (Å²) in [5, 5.41) is 4.21. The van der Waals surface area contributed by atoms with E-state index in [9.17, 15) is 4.79 Å². The Morgan fingerprint density at radius 1 is 1.19 bits per heavy atom. The van der Waals surface area contributed by atoms with Crippen molar-refractivity contribution >= 4 is 41.2 Å². The van der Waals surface area contributed by atoms with Crippen LogP contribution in [0.25, 0.3) is 0 Å². The Morgan fingerprint density at radius 2 is 1.93 bits per heavy atom. The van der Waals surface area contributed by atoms with E-state index >= 15 is 0 Å². The topological polar surface area (TPSA) is 80.2 Å². The van der Waals surface area contributed by atoms with Crippen LogP contribution < -0.4 is 10.2 Å². The van der Waals surface area contributed by atoms with Gasteiger partial charge >= 0.3 is 6.09 Å². The molecule has 2 atom stereocenters. The molecule has 1 N–H and O–H groups in total. The smallest absolute Gasteiger partial charge is 0.417 e. The Kier molecular flexibility index (Phi) is 5.72. The van der Waals surface area contributed by atoms with Gasteiger partial charge in [-0.25, -0.2) is 9.69 Å². The number of hydrogen-bond acceptors (Lipinski definition) is 6. The number of aromatic nitrogens is 3. The third kappa shape index (κ3) is 4.25. The van der Waals surface area contributed by atoms with Crippen LogP contribution in [0.3, 0.4) is 0 Å². The van der Waals surface area contributed by atoms with Gasteiger partial charge in [0.1, 0.15) is 12.4 Å². The molecule has 7 nitrogen and oxygen atoms in total. The zero-order valence-corrected chi connectivity index (χ0v) is 17.0. The van der Waals surface area contributed by atoms with Crippen LogP contribution in [0.4, 0.5) is 16.7 Å². The van der Waals surface area contributed by atoms with Crippen LogP contribution in [-0.2, 0) is 4.74 Å². The molecule has 2 heterocycles. The van der Waals surface area contributed by atoms with Gasteiger partial charge < -0.3 is 10.1 Å². The van der Waals surface area contributed by atoms with Gasteiger partial charge in [-0.15, -0.1) is 0 Å². The summed E-state index contributed by atoms with van der Waals surface area (Å²) in [6.45, 7) is 8.09. The zero-order valence-electron chi connectivity index (χ0n) is 15.5. The van der Waals surface area contributed by atoms with Crippen molar-refractivity contribution in [2.75, 3.05) is 16.8 Å². The van der Waals surface area contributed by atoms with Crippen molar-refractivity contribution in [1.29, 1.82) is 0 Å². The van der Waals surface area contributed by atoms with Crippen molar-refractivity contribution in [2.24, 2.45) is 5.92 Å². The van der Waals surface area contributed by atoms with E-state index in [4.69, 9.17) is 27.9 Å². The molecule has 1 aromatic heterocycles. The van der Waals surface area contributed by atoms with E-state index in [2.05, 4.69) is 20.3 Å². The van der Waals surface area contributed by atoms with E-state index in [0.717, 1.165) is 5.56 Å². The molecule has 0 radical (unpaired) electrons. The lowest BCUT2D eigenvalue weighted by Gasteiger charge is -2.23. The van der Waals surface area contributed by atoms with Gasteiger partial charge in [-0.2, -0.15) is 15.0 Å². The van der Waals surface area contributed by atoms with Crippen LogP contribution in [0.15, 0.2) is 18.2 Å². The van der Waals surface area contributed by atoms with E-state index in [1.807, 2.05) is 26.8 Å². The van der Waals surface area contributed by atoms with Gasteiger partial charge in [0.25, 0.3) is 0 Å². The number of nitrogens with zero attached hydrogens (tertiary/aromatic N) is 4. The Labute approximate surface area is 168 Å². The highest BCUT2D eigenvalue weighted by molar-refractivity contribution is 6.42. The number of hydrogen-bond donors (Lipinski definition) is 1. The quantitative estimate of drug-likeness (QED) is 0.774. The summed E-state index contributed by atoms with van der Waals surface area (Å²) in [5.74, 6) is 1.37. The SMILES string of the molecule is Cc1nc(N[C@@H](C)c2ccc(Cl)c(Cl)c2)nc(N2C(=O)OC[C@@H]2C(C)C)n1. The second kappa shape index (κ2) is 7.86. The fourth-order valence-electron chi connectivity index (χ4n) is 2.86. The molecule has 1 aliphatic heterocycles. The molecule has 0 spiro atoms. The Morgan fingerprint density at radius 3 is 2.59 bits per heavy atom. The van der Waals surface area contributed by atoms with E-state index in [1.165, 1.54) is 4.90 Å². The lowest BCUT2D eigenvalue weighted by atomic mass is 10.1. The van der Waals surface area contributed by atoms with Gasteiger partial charge in [0.2, 0.25) is 11.9 Å². The Balaban J connectivity index is 1.87. The standard InChI is InChI=1S/C18H21Cl2N5O2/c1-9(2)15-8-27-18(26)25(15)17-23-11(4)22-16(24-17)21-10(3)12-5-6-13(19)14(20)7-12/h5-7,9-10,15H,8H2,1-4H3,(H,21,22,23,24)/t10-,15+/m0/s1. The van der Waals surface area contributed by atoms with E-state index in [-0.39, 0.29) is 23.9 Å². The fraction of sp³-hybridized carbons (Fsp3) is 0.444. The largest absolute Gasteiger partial charge is 0.447 e. The monoisotopic (exact) mass is 409 g/mol. The highest BCUT2D eigenvalue weighted by Crippen LogP contribution is 2.28. The molecule has 0 bridgehead atoms. The second-order valence-electron chi connectivity index (χ2n) is 6.80.